The fraction of sp³-hybridized carbons (Fsp3) is 0.182. The highest BCUT2D eigenvalue weighted by atomic mass is 19.4. The number of amides is 1. The third-order valence-corrected chi connectivity index (χ3v) is 1.80. The normalized spacial score (nSPS) is 10.6. The molecule has 1 aromatic rings. The highest BCUT2D eigenvalue weighted by Crippen LogP contribution is 2.29. The van der Waals surface area contributed by atoms with Gasteiger partial charge < -0.3 is 5.32 Å². The van der Waals surface area contributed by atoms with Crippen LogP contribution in [0.15, 0.2) is 24.3 Å². The molecular weight excluding hydrogens is 219 g/mol. The summed E-state index contributed by atoms with van der Waals surface area (Å²) in [4.78, 5) is 11.3. The standard InChI is InChI=1S/C11H8F3NO/c1-2-6-15-10(16)8-4-3-5-9(7-8)11(12,13)14/h1,3-5,7H,6H2,(H,15,16). The van der Waals surface area contributed by atoms with Gasteiger partial charge in [0.1, 0.15) is 0 Å². The summed E-state index contributed by atoms with van der Waals surface area (Å²) >= 11 is 0. The zero-order chi connectivity index (χ0) is 12.2. The summed E-state index contributed by atoms with van der Waals surface area (Å²) in [6.45, 7) is -0.0188. The molecule has 0 bridgehead atoms. The number of hydrogen-bond acceptors (Lipinski definition) is 1. The van der Waals surface area contributed by atoms with Crippen molar-refractivity contribution in [2.24, 2.45) is 0 Å². The van der Waals surface area contributed by atoms with Crippen molar-refractivity contribution in [3.8, 4) is 12.3 Å². The predicted octanol–water partition coefficient (Wildman–Crippen LogP) is 2.07. The van der Waals surface area contributed by atoms with Crippen molar-refractivity contribution in [2.45, 2.75) is 6.18 Å². The molecule has 0 aliphatic carbocycles. The Morgan fingerprint density at radius 1 is 1.44 bits per heavy atom. The molecule has 1 N–H and O–H groups in total. The number of alkyl halides is 3. The van der Waals surface area contributed by atoms with E-state index in [2.05, 4.69) is 11.2 Å². The molecule has 0 heterocycles. The van der Waals surface area contributed by atoms with E-state index >= 15 is 0 Å². The number of carbonyl (C=O) groups excluding carboxylic acids is 1. The van der Waals surface area contributed by atoms with Crippen LogP contribution in [-0.2, 0) is 6.18 Å². The summed E-state index contributed by atoms with van der Waals surface area (Å²) in [5, 5.41) is 2.28. The van der Waals surface area contributed by atoms with Crippen LogP contribution in [0.25, 0.3) is 0 Å². The summed E-state index contributed by atoms with van der Waals surface area (Å²) < 4.78 is 37.0. The van der Waals surface area contributed by atoms with Gasteiger partial charge in [0.05, 0.1) is 12.1 Å². The zero-order valence-corrected chi connectivity index (χ0v) is 8.14. The molecule has 0 fully saturated rings. The number of rotatable bonds is 2. The summed E-state index contributed by atoms with van der Waals surface area (Å²) in [6.07, 6.45) is 0.453. The molecule has 1 amide bonds. The number of nitrogens with one attached hydrogen (secondary N) is 1. The van der Waals surface area contributed by atoms with Gasteiger partial charge in [0, 0.05) is 5.56 Å². The van der Waals surface area contributed by atoms with Gasteiger partial charge in [-0.3, -0.25) is 4.79 Å². The molecule has 0 radical (unpaired) electrons. The molecule has 1 rings (SSSR count). The molecule has 0 aliphatic heterocycles. The van der Waals surface area contributed by atoms with Gasteiger partial charge in [0.15, 0.2) is 0 Å². The number of carbonyl (C=O) groups is 1. The van der Waals surface area contributed by atoms with E-state index in [-0.39, 0.29) is 12.1 Å². The van der Waals surface area contributed by atoms with E-state index in [1.165, 1.54) is 12.1 Å². The predicted molar refractivity (Wildman–Crippen MR) is 52.6 cm³/mol. The number of benzene rings is 1. The maximum absolute atomic E-state index is 12.3. The van der Waals surface area contributed by atoms with E-state index in [9.17, 15) is 18.0 Å². The van der Waals surface area contributed by atoms with Crippen LogP contribution in [0.5, 0.6) is 0 Å². The Bertz CT molecular complexity index is 432. The summed E-state index contributed by atoms with van der Waals surface area (Å²) in [6, 6.07) is 4.15. The molecule has 0 saturated carbocycles. The summed E-state index contributed by atoms with van der Waals surface area (Å²) in [5.74, 6) is 1.54. The monoisotopic (exact) mass is 227 g/mol. The summed E-state index contributed by atoms with van der Waals surface area (Å²) in [7, 11) is 0. The lowest BCUT2D eigenvalue weighted by Gasteiger charge is -2.08. The van der Waals surface area contributed by atoms with Gasteiger partial charge in [0.25, 0.3) is 5.91 Å². The van der Waals surface area contributed by atoms with Crippen molar-refractivity contribution in [3.63, 3.8) is 0 Å². The average Bonchev–Trinajstić information content (AvgIpc) is 2.25. The minimum absolute atomic E-state index is 0.0188. The van der Waals surface area contributed by atoms with E-state index in [0.717, 1.165) is 12.1 Å². The fourth-order valence-corrected chi connectivity index (χ4v) is 1.07. The lowest BCUT2D eigenvalue weighted by atomic mass is 10.1. The smallest absolute Gasteiger partial charge is 0.341 e. The maximum Gasteiger partial charge on any atom is 0.416 e. The first kappa shape index (κ1) is 12.1. The number of halogens is 3. The molecule has 16 heavy (non-hydrogen) atoms. The van der Waals surface area contributed by atoms with Gasteiger partial charge in [-0.1, -0.05) is 12.0 Å². The van der Waals surface area contributed by atoms with Crippen molar-refractivity contribution in [3.05, 3.63) is 35.4 Å². The lowest BCUT2D eigenvalue weighted by Crippen LogP contribution is -2.23. The Morgan fingerprint density at radius 3 is 2.69 bits per heavy atom. The Kier molecular flexibility index (Phi) is 3.56. The largest absolute Gasteiger partial charge is 0.416 e. The molecular formula is C11H8F3NO. The molecule has 0 aliphatic rings. The van der Waals surface area contributed by atoms with Gasteiger partial charge in [-0.15, -0.1) is 6.42 Å². The highest BCUT2D eigenvalue weighted by Gasteiger charge is 2.30. The SMILES string of the molecule is C#CCNC(=O)c1cccc(C(F)(F)F)c1. The van der Waals surface area contributed by atoms with Crippen LogP contribution in [0.2, 0.25) is 0 Å². The van der Waals surface area contributed by atoms with Gasteiger partial charge >= 0.3 is 6.18 Å². The summed E-state index contributed by atoms with van der Waals surface area (Å²) in [5.41, 5.74) is -0.925. The molecule has 0 aromatic heterocycles. The van der Waals surface area contributed by atoms with Gasteiger partial charge in [-0.25, -0.2) is 0 Å². The second-order valence-electron chi connectivity index (χ2n) is 2.97. The first-order valence-corrected chi connectivity index (χ1v) is 4.34. The van der Waals surface area contributed by atoms with Crippen LogP contribution in [-0.4, -0.2) is 12.5 Å². The zero-order valence-electron chi connectivity index (χ0n) is 8.14. The maximum atomic E-state index is 12.3. The molecule has 0 spiro atoms. The van der Waals surface area contributed by atoms with Crippen LogP contribution in [0, 0.1) is 12.3 Å². The van der Waals surface area contributed by atoms with Crippen LogP contribution in [0.4, 0.5) is 13.2 Å². The molecule has 84 valence electrons. The third kappa shape index (κ3) is 3.02. The second-order valence-corrected chi connectivity index (χ2v) is 2.97. The Morgan fingerprint density at radius 2 is 2.12 bits per heavy atom. The van der Waals surface area contributed by atoms with Gasteiger partial charge in [0.2, 0.25) is 0 Å². The number of hydrogen-bond donors (Lipinski definition) is 1. The van der Waals surface area contributed by atoms with Gasteiger partial charge in [-0.2, -0.15) is 13.2 Å². The van der Waals surface area contributed by atoms with Gasteiger partial charge in [-0.05, 0) is 18.2 Å². The van der Waals surface area contributed by atoms with Crippen LogP contribution in [0.1, 0.15) is 15.9 Å². The third-order valence-electron chi connectivity index (χ3n) is 1.80. The van der Waals surface area contributed by atoms with Crippen LogP contribution in [0.3, 0.4) is 0 Å². The molecule has 0 atom stereocenters. The van der Waals surface area contributed by atoms with E-state index in [1.54, 1.807) is 0 Å². The first-order chi connectivity index (χ1) is 7.45. The molecule has 0 unspecified atom stereocenters. The quantitative estimate of drug-likeness (QED) is 0.770. The lowest BCUT2D eigenvalue weighted by molar-refractivity contribution is -0.137. The molecule has 5 heteroatoms. The fourth-order valence-electron chi connectivity index (χ4n) is 1.07. The number of terminal acetylenes is 1. The second kappa shape index (κ2) is 4.71. The van der Waals surface area contributed by atoms with E-state index < -0.39 is 17.6 Å². The minimum atomic E-state index is -4.46. The Hall–Kier alpha value is -1.96. The topological polar surface area (TPSA) is 29.1 Å². The molecule has 2 nitrogen and oxygen atoms in total. The van der Waals surface area contributed by atoms with Crippen molar-refractivity contribution in [1.82, 2.24) is 5.32 Å². The molecule has 1 aromatic carbocycles. The Balaban J connectivity index is 2.91. The Labute approximate surface area is 90.5 Å². The van der Waals surface area contributed by atoms with Crippen LogP contribution < -0.4 is 5.32 Å². The van der Waals surface area contributed by atoms with Crippen molar-refractivity contribution in [2.75, 3.05) is 6.54 Å². The van der Waals surface area contributed by atoms with E-state index in [4.69, 9.17) is 6.42 Å². The van der Waals surface area contributed by atoms with Crippen LogP contribution >= 0.6 is 0 Å². The van der Waals surface area contributed by atoms with E-state index in [0.29, 0.717) is 0 Å². The van der Waals surface area contributed by atoms with Crippen molar-refractivity contribution in [1.29, 1.82) is 0 Å². The van der Waals surface area contributed by atoms with Crippen molar-refractivity contribution < 1.29 is 18.0 Å². The minimum Gasteiger partial charge on any atom is -0.341 e. The first-order valence-electron chi connectivity index (χ1n) is 4.34. The average molecular weight is 227 g/mol. The highest BCUT2D eigenvalue weighted by molar-refractivity contribution is 5.94. The van der Waals surface area contributed by atoms with E-state index in [1.807, 2.05) is 0 Å². The van der Waals surface area contributed by atoms with Crippen molar-refractivity contribution >= 4 is 5.91 Å². The molecule has 0 saturated heterocycles.